The fourth-order valence-electron chi connectivity index (χ4n) is 1.67. The highest BCUT2D eigenvalue weighted by molar-refractivity contribution is 6.12. The van der Waals surface area contributed by atoms with E-state index in [2.05, 4.69) is 0 Å². The molecule has 1 heterocycles. The molecule has 0 spiro atoms. The first-order valence-electron chi connectivity index (χ1n) is 4.98. The standard InChI is InChI=1S/C11H10N2O4/c14-9-7-12(10(15)13(9)11(16)17)6-8-4-2-1-3-5-8/h1-5H,6-7H2,(H,16,17). The zero-order valence-electron chi connectivity index (χ0n) is 8.87. The average molecular weight is 234 g/mol. The zero-order valence-corrected chi connectivity index (χ0v) is 8.87. The van der Waals surface area contributed by atoms with E-state index in [1.807, 2.05) is 18.2 Å². The third-order valence-electron chi connectivity index (χ3n) is 2.44. The summed E-state index contributed by atoms with van der Waals surface area (Å²) in [6.45, 7) is 0.0369. The van der Waals surface area contributed by atoms with Crippen LogP contribution in [0.1, 0.15) is 5.56 Å². The first-order chi connectivity index (χ1) is 8.09. The molecule has 1 N–H and O–H groups in total. The maximum absolute atomic E-state index is 11.6. The minimum atomic E-state index is -1.53. The third-order valence-corrected chi connectivity index (χ3v) is 2.44. The van der Waals surface area contributed by atoms with Crippen LogP contribution >= 0.6 is 0 Å². The number of carbonyl (C=O) groups excluding carboxylic acids is 2. The smallest absolute Gasteiger partial charge is 0.422 e. The van der Waals surface area contributed by atoms with Gasteiger partial charge in [0, 0.05) is 6.54 Å². The van der Waals surface area contributed by atoms with Gasteiger partial charge in [-0.2, -0.15) is 4.90 Å². The first kappa shape index (κ1) is 11.1. The van der Waals surface area contributed by atoms with Crippen LogP contribution in [0.4, 0.5) is 9.59 Å². The molecule has 1 saturated heterocycles. The van der Waals surface area contributed by atoms with Crippen molar-refractivity contribution < 1.29 is 19.5 Å². The van der Waals surface area contributed by atoms with Crippen molar-refractivity contribution in [3.8, 4) is 0 Å². The van der Waals surface area contributed by atoms with E-state index in [1.54, 1.807) is 12.1 Å². The minimum Gasteiger partial charge on any atom is -0.464 e. The van der Waals surface area contributed by atoms with E-state index in [0.717, 1.165) is 5.56 Å². The highest BCUT2D eigenvalue weighted by atomic mass is 16.4. The van der Waals surface area contributed by atoms with Crippen LogP contribution in [0, 0.1) is 0 Å². The summed E-state index contributed by atoms with van der Waals surface area (Å²) >= 11 is 0. The van der Waals surface area contributed by atoms with Gasteiger partial charge in [0.2, 0.25) is 0 Å². The van der Waals surface area contributed by atoms with Gasteiger partial charge in [-0.1, -0.05) is 30.3 Å². The number of rotatable bonds is 2. The molecule has 1 aliphatic heterocycles. The molecule has 4 amide bonds. The lowest BCUT2D eigenvalue weighted by atomic mass is 10.2. The van der Waals surface area contributed by atoms with Crippen molar-refractivity contribution >= 4 is 18.0 Å². The van der Waals surface area contributed by atoms with Crippen LogP contribution in [0.15, 0.2) is 30.3 Å². The summed E-state index contributed by atoms with van der Waals surface area (Å²) in [5.41, 5.74) is 0.848. The molecule has 0 saturated carbocycles. The Balaban J connectivity index is 2.12. The van der Waals surface area contributed by atoms with E-state index in [1.165, 1.54) is 4.90 Å². The largest absolute Gasteiger partial charge is 0.464 e. The molecule has 0 aliphatic carbocycles. The van der Waals surface area contributed by atoms with Crippen LogP contribution in [0.25, 0.3) is 0 Å². The number of imide groups is 3. The van der Waals surface area contributed by atoms with Gasteiger partial charge in [-0.3, -0.25) is 4.79 Å². The second-order valence-corrected chi connectivity index (χ2v) is 3.64. The summed E-state index contributed by atoms with van der Waals surface area (Å²) < 4.78 is 0. The summed E-state index contributed by atoms with van der Waals surface area (Å²) in [6, 6.07) is 8.29. The Labute approximate surface area is 97.0 Å². The summed E-state index contributed by atoms with van der Waals surface area (Å²) in [7, 11) is 0. The average Bonchev–Trinajstić information content (AvgIpc) is 2.55. The fourth-order valence-corrected chi connectivity index (χ4v) is 1.67. The van der Waals surface area contributed by atoms with Gasteiger partial charge < -0.3 is 10.0 Å². The lowest BCUT2D eigenvalue weighted by Crippen LogP contribution is -2.36. The third kappa shape index (κ3) is 2.10. The highest BCUT2D eigenvalue weighted by Crippen LogP contribution is 2.14. The normalized spacial score (nSPS) is 15.5. The Morgan fingerprint density at radius 2 is 1.88 bits per heavy atom. The van der Waals surface area contributed by atoms with E-state index in [0.29, 0.717) is 0 Å². The van der Waals surface area contributed by atoms with Crippen LogP contribution in [0.3, 0.4) is 0 Å². The van der Waals surface area contributed by atoms with Gasteiger partial charge in [-0.25, -0.2) is 9.59 Å². The molecule has 1 aromatic carbocycles. The van der Waals surface area contributed by atoms with E-state index in [-0.39, 0.29) is 18.0 Å². The van der Waals surface area contributed by atoms with Gasteiger partial charge in [0.15, 0.2) is 0 Å². The van der Waals surface area contributed by atoms with E-state index in [9.17, 15) is 14.4 Å². The summed E-state index contributed by atoms with van der Waals surface area (Å²) in [6.07, 6.45) is -1.53. The fraction of sp³-hybridized carbons (Fsp3) is 0.182. The summed E-state index contributed by atoms with van der Waals surface area (Å²) in [4.78, 5) is 35.0. The molecule has 88 valence electrons. The van der Waals surface area contributed by atoms with Crippen LogP contribution in [0.2, 0.25) is 0 Å². The van der Waals surface area contributed by atoms with Gasteiger partial charge >= 0.3 is 12.1 Å². The van der Waals surface area contributed by atoms with Crippen molar-refractivity contribution in [2.75, 3.05) is 6.54 Å². The second kappa shape index (κ2) is 4.25. The molecular weight excluding hydrogens is 224 g/mol. The number of urea groups is 1. The van der Waals surface area contributed by atoms with Crippen LogP contribution in [-0.2, 0) is 11.3 Å². The number of carboxylic acid groups (broad SMARTS) is 1. The van der Waals surface area contributed by atoms with Gasteiger partial charge in [0.25, 0.3) is 5.91 Å². The minimum absolute atomic E-state index is 0.194. The molecule has 6 heteroatoms. The maximum Gasteiger partial charge on any atom is 0.422 e. The van der Waals surface area contributed by atoms with Gasteiger partial charge in [-0.05, 0) is 5.56 Å². The van der Waals surface area contributed by atoms with Gasteiger partial charge in [0.05, 0.1) is 0 Å². The Kier molecular flexibility index (Phi) is 2.78. The van der Waals surface area contributed by atoms with E-state index in [4.69, 9.17) is 5.11 Å². The monoisotopic (exact) mass is 234 g/mol. The van der Waals surface area contributed by atoms with E-state index >= 15 is 0 Å². The Hall–Kier alpha value is -2.37. The second-order valence-electron chi connectivity index (χ2n) is 3.64. The highest BCUT2D eigenvalue weighted by Gasteiger charge is 2.40. The molecule has 6 nitrogen and oxygen atoms in total. The van der Waals surface area contributed by atoms with Crippen LogP contribution in [0.5, 0.6) is 0 Å². The van der Waals surface area contributed by atoms with Crippen molar-refractivity contribution in [1.82, 2.24) is 9.80 Å². The van der Waals surface area contributed by atoms with Crippen LogP contribution < -0.4 is 0 Å². The molecule has 0 unspecified atom stereocenters. The zero-order chi connectivity index (χ0) is 12.4. The lowest BCUT2D eigenvalue weighted by Gasteiger charge is -2.14. The predicted octanol–water partition coefficient (Wildman–Crippen LogP) is 1.13. The molecule has 0 radical (unpaired) electrons. The number of carbonyl (C=O) groups is 3. The van der Waals surface area contributed by atoms with Crippen molar-refractivity contribution in [2.45, 2.75) is 6.54 Å². The molecule has 0 atom stereocenters. The number of hydrogen-bond donors (Lipinski definition) is 1. The van der Waals surface area contributed by atoms with Gasteiger partial charge in [-0.15, -0.1) is 0 Å². The topological polar surface area (TPSA) is 77.9 Å². The molecular formula is C11H10N2O4. The Bertz CT molecular complexity index is 472. The number of nitrogens with zero attached hydrogens (tertiary/aromatic N) is 2. The van der Waals surface area contributed by atoms with E-state index < -0.39 is 18.0 Å². The van der Waals surface area contributed by atoms with Crippen LogP contribution in [-0.4, -0.2) is 39.5 Å². The predicted molar refractivity (Wildman–Crippen MR) is 57.1 cm³/mol. The lowest BCUT2D eigenvalue weighted by molar-refractivity contribution is -0.123. The molecule has 1 aromatic rings. The molecule has 1 fully saturated rings. The molecule has 0 bridgehead atoms. The van der Waals surface area contributed by atoms with Gasteiger partial charge in [0.1, 0.15) is 6.54 Å². The quantitative estimate of drug-likeness (QED) is 0.778. The molecule has 1 aliphatic rings. The molecule has 2 rings (SSSR count). The summed E-state index contributed by atoms with van der Waals surface area (Å²) in [5, 5.41) is 8.70. The molecule has 0 aromatic heterocycles. The van der Waals surface area contributed by atoms with Crippen molar-refractivity contribution in [1.29, 1.82) is 0 Å². The summed E-state index contributed by atoms with van der Waals surface area (Å²) in [5.74, 6) is -0.710. The Morgan fingerprint density at radius 1 is 1.24 bits per heavy atom. The SMILES string of the molecule is O=C(O)N1C(=O)CN(Cc2ccccc2)C1=O. The number of hydrogen-bond acceptors (Lipinski definition) is 3. The number of benzene rings is 1. The van der Waals surface area contributed by atoms with Crippen molar-refractivity contribution in [2.24, 2.45) is 0 Å². The molecule has 17 heavy (non-hydrogen) atoms. The number of amides is 4. The maximum atomic E-state index is 11.6. The Morgan fingerprint density at radius 3 is 2.41 bits per heavy atom. The van der Waals surface area contributed by atoms with Crippen molar-refractivity contribution in [3.05, 3.63) is 35.9 Å². The first-order valence-corrected chi connectivity index (χ1v) is 4.98. The van der Waals surface area contributed by atoms with Crippen molar-refractivity contribution in [3.63, 3.8) is 0 Å².